The molecule has 0 radical (unpaired) electrons. The summed E-state index contributed by atoms with van der Waals surface area (Å²) in [6, 6.07) is 16.1. The topological polar surface area (TPSA) is 132 Å². The van der Waals surface area contributed by atoms with Crippen LogP contribution in [0.2, 0.25) is 10.0 Å². The van der Waals surface area contributed by atoms with Crippen molar-refractivity contribution in [2.45, 2.75) is 0 Å². The average molecular weight is 512 g/mol. The van der Waals surface area contributed by atoms with Crippen molar-refractivity contribution in [1.82, 2.24) is 0 Å². The predicted octanol–water partition coefficient (Wildman–Crippen LogP) is 5.68. The summed E-state index contributed by atoms with van der Waals surface area (Å²) < 4.78 is 10.4. The Morgan fingerprint density at radius 2 is 1.77 bits per heavy atom. The molecule has 0 bridgehead atoms. The molecule has 0 fully saturated rings. The van der Waals surface area contributed by atoms with Gasteiger partial charge in [-0.3, -0.25) is 14.9 Å². The lowest BCUT2D eigenvalue weighted by molar-refractivity contribution is -0.384. The number of carbonyl (C=O) groups excluding carboxylic acids is 2. The third kappa shape index (κ3) is 6.35. The summed E-state index contributed by atoms with van der Waals surface area (Å²) in [5.74, 6) is -0.759. The van der Waals surface area contributed by atoms with Crippen LogP contribution in [0.1, 0.15) is 15.9 Å². The van der Waals surface area contributed by atoms with Crippen molar-refractivity contribution >= 4 is 52.5 Å². The maximum Gasteiger partial charge on any atom is 0.343 e. The Hall–Kier alpha value is -4.39. The molecule has 0 atom stereocenters. The molecular formula is C24H15Cl2N3O6. The van der Waals surface area contributed by atoms with E-state index in [4.69, 9.17) is 32.7 Å². The van der Waals surface area contributed by atoms with Crippen molar-refractivity contribution in [2.24, 2.45) is 0 Å². The molecule has 11 heteroatoms. The minimum absolute atomic E-state index is 0.0756. The first-order valence-electron chi connectivity index (χ1n) is 9.74. The van der Waals surface area contributed by atoms with Gasteiger partial charge in [0.05, 0.1) is 22.6 Å². The molecule has 35 heavy (non-hydrogen) atoms. The minimum atomic E-state index is -0.796. The number of halogens is 2. The molecule has 0 saturated heterocycles. The van der Waals surface area contributed by atoms with Gasteiger partial charge in [0.15, 0.2) is 0 Å². The fraction of sp³-hybridized carbons (Fsp3) is 0.0417. The molecule has 0 heterocycles. The average Bonchev–Trinajstić information content (AvgIpc) is 2.85. The number of nitrogens with one attached hydrogen (secondary N) is 1. The monoisotopic (exact) mass is 511 g/mol. The van der Waals surface area contributed by atoms with Crippen LogP contribution < -0.4 is 14.8 Å². The number of nitro benzene ring substituents is 1. The number of anilines is 1. The second-order valence-electron chi connectivity index (χ2n) is 6.86. The molecule has 3 aromatic carbocycles. The first-order valence-corrected chi connectivity index (χ1v) is 10.5. The Balaban J connectivity index is 1.75. The maximum absolute atomic E-state index is 12.5. The SMILES string of the molecule is COc1ccc(C(=O)Oc2ccc(/C=C(\C#N)C(=O)Nc3ccc(Cl)c([N+](=O)[O-])c3)cc2Cl)cc1. The van der Waals surface area contributed by atoms with Gasteiger partial charge < -0.3 is 14.8 Å². The first-order chi connectivity index (χ1) is 16.7. The number of carbonyl (C=O) groups is 2. The number of rotatable bonds is 7. The molecule has 9 nitrogen and oxygen atoms in total. The lowest BCUT2D eigenvalue weighted by atomic mass is 10.1. The smallest absolute Gasteiger partial charge is 0.343 e. The molecule has 0 spiro atoms. The van der Waals surface area contributed by atoms with Crippen molar-refractivity contribution in [3.63, 3.8) is 0 Å². The highest BCUT2D eigenvalue weighted by Crippen LogP contribution is 2.29. The molecule has 0 saturated carbocycles. The van der Waals surface area contributed by atoms with Gasteiger partial charge in [0.1, 0.15) is 28.2 Å². The van der Waals surface area contributed by atoms with Crippen LogP contribution in [-0.4, -0.2) is 23.9 Å². The number of hydrogen-bond acceptors (Lipinski definition) is 7. The number of ether oxygens (including phenoxy) is 2. The van der Waals surface area contributed by atoms with Crippen LogP contribution in [0.4, 0.5) is 11.4 Å². The molecule has 0 aliphatic rings. The van der Waals surface area contributed by atoms with Gasteiger partial charge in [-0.15, -0.1) is 0 Å². The molecular weight excluding hydrogens is 497 g/mol. The number of nitriles is 1. The molecule has 0 aliphatic carbocycles. The highest BCUT2D eigenvalue weighted by atomic mass is 35.5. The number of esters is 1. The zero-order valence-electron chi connectivity index (χ0n) is 18.0. The van der Waals surface area contributed by atoms with Crippen LogP contribution in [0.25, 0.3) is 6.08 Å². The number of nitrogens with zero attached hydrogens (tertiary/aromatic N) is 2. The maximum atomic E-state index is 12.5. The fourth-order valence-corrected chi connectivity index (χ4v) is 3.23. The Bertz CT molecular complexity index is 1380. The van der Waals surface area contributed by atoms with Gasteiger partial charge in [0, 0.05) is 11.8 Å². The van der Waals surface area contributed by atoms with Crippen molar-refractivity contribution < 1.29 is 24.0 Å². The van der Waals surface area contributed by atoms with Crippen LogP contribution in [0.3, 0.4) is 0 Å². The molecule has 176 valence electrons. The number of hydrogen-bond donors (Lipinski definition) is 1. The van der Waals surface area contributed by atoms with E-state index in [1.165, 1.54) is 43.5 Å². The van der Waals surface area contributed by atoms with E-state index in [1.807, 2.05) is 0 Å². The molecule has 3 rings (SSSR count). The zero-order chi connectivity index (χ0) is 25.5. The lowest BCUT2D eigenvalue weighted by Crippen LogP contribution is -2.13. The van der Waals surface area contributed by atoms with Gasteiger partial charge in [-0.2, -0.15) is 5.26 Å². The Kier molecular flexibility index (Phi) is 8.04. The molecule has 1 amide bonds. The minimum Gasteiger partial charge on any atom is -0.497 e. The van der Waals surface area contributed by atoms with Gasteiger partial charge in [-0.1, -0.05) is 29.3 Å². The molecule has 0 aliphatic heterocycles. The summed E-state index contributed by atoms with van der Waals surface area (Å²) in [5.41, 5.74) is 0.0796. The van der Waals surface area contributed by atoms with E-state index in [-0.39, 0.29) is 32.6 Å². The summed E-state index contributed by atoms with van der Waals surface area (Å²) in [6.45, 7) is 0. The molecule has 3 aromatic rings. The molecule has 0 unspecified atom stereocenters. The molecule has 1 N–H and O–H groups in total. The summed E-state index contributed by atoms with van der Waals surface area (Å²) in [5, 5.41) is 22.8. The Morgan fingerprint density at radius 1 is 1.06 bits per heavy atom. The number of methoxy groups -OCH3 is 1. The van der Waals surface area contributed by atoms with E-state index in [1.54, 1.807) is 30.3 Å². The van der Waals surface area contributed by atoms with E-state index in [0.29, 0.717) is 11.3 Å². The number of amides is 1. The van der Waals surface area contributed by atoms with Crippen LogP contribution in [-0.2, 0) is 4.79 Å². The summed E-state index contributed by atoms with van der Waals surface area (Å²) in [7, 11) is 1.51. The van der Waals surface area contributed by atoms with Gasteiger partial charge >= 0.3 is 5.97 Å². The highest BCUT2D eigenvalue weighted by Gasteiger charge is 2.16. The highest BCUT2D eigenvalue weighted by molar-refractivity contribution is 6.33. The van der Waals surface area contributed by atoms with Gasteiger partial charge in [-0.25, -0.2) is 4.79 Å². The first kappa shape index (κ1) is 25.2. The van der Waals surface area contributed by atoms with E-state index < -0.39 is 22.5 Å². The Morgan fingerprint density at radius 3 is 2.37 bits per heavy atom. The summed E-state index contributed by atoms with van der Waals surface area (Å²) >= 11 is 12.0. The number of benzene rings is 3. The zero-order valence-corrected chi connectivity index (χ0v) is 19.5. The van der Waals surface area contributed by atoms with E-state index in [9.17, 15) is 25.0 Å². The second-order valence-corrected chi connectivity index (χ2v) is 7.67. The van der Waals surface area contributed by atoms with Crippen molar-refractivity contribution in [3.05, 3.63) is 97.5 Å². The fourth-order valence-electron chi connectivity index (χ4n) is 2.82. The predicted molar refractivity (Wildman–Crippen MR) is 130 cm³/mol. The Labute approximate surface area is 209 Å². The van der Waals surface area contributed by atoms with Crippen molar-refractivity contribution in [2.75, 3.05) is 12.4 Å². The quantitative estimate of drug-likeness (QED) is 0.108. The van der Waals surface area contributed by atoms with E-state index in [0.717, 1.165) is 6.07 Å². The largest absolute Gasteiger partial charge is 0.497 e. The normalized spacial score (nSPS) is 10.7. The third-order valence-corrected chi connectivity index (χ3v) is 5.18. The standard InChI is InChI=1S/C24H15Cl2N3O6/c1-34-18-6-3-15(4-7-18)24(31)35-22-9-2-14(11-20(22)26)10-16(13-27)23(30)28-17-5-8-19(25)21(12-17)29(32)33/h2-12H,1H3,(H,28,30)/b16-10+. The van der Waals surface area contributed by atoms with Gasteiger partial charge in [0.2, 0.25) is 0 Å². The van der Waals surface area contributed by atoms with Crippen molar-refractivity contribution in [3.8, 4) is 17.6 Å². The number of nitro groups is 1. The summed E-state index contributed by atoms with van der Waals surface area (Å²) in [6.07, 6.45) is 1.26. The van der Waals surface area contributed by atoms with Gasteiger partial charge in [0.25, 0.3) is 11.6 Å². The van der Waals surface area contributed by atoms with Crippen molar-refractivity contribution in [1.29, 1.82) is 5.26 Å². The second kappa shape index (κ2) is 11.2. The lowest BCUT2D eigenvalue weighted by Gasteiger charge is -2.08. The van der Waals surface area contributed by atoms with Crippen LogP contribution in [0, 0.1) is 21.4 Å². The molecule has 0 aromatic heterocycles. The van der Waals surface area contributed by atoms with Crippen LogP contribution in [0.15, 0.2) is 66.2 Å². The van der Waals surface area contributed by atoms with Crippen LogP contribution in [0.5, 0.6) is 11.5 Å². The van der Waals surface area contributed by atoms with Crippen LogP contribution >= 0.6 is 23.2 Å². The van der Waals surface area contributed by atoms with Gasteiger partial charge in [-0.05, 0) is 60.2 Å². The third-order valence-electron chi connectivity index (χ3n) is 4.56. The van der Waals surface area contributed by atoms with E-state index in [2.05, 4.69) is 5.32 Å². The van der Waals surface area contributed by atoms with E-state index >= 15 is 0 Å². The summed E-state index contributed by atoms with van der Waals surface area (Å²) in [4.78, 5) is 35.2.